The Kier molecular flexibility index (Phi) is 5.16. The van der Waals surface area contributed by atoms with Crippen LogP contribution in [0.15, 0.2) is 24.3 Å². The molecule has 1 aromatic rings. The van der Waals surface area contributed by atoms with Gasteiger partial charge in [0.15, 0.2) is 0 Å². The van der Waals surface area contributed by atoms with Gasteiger partial charge in [-0.3, -0.25) is 0 Å². The first kappa shape index (κ1) is 15.0. The number of hydrogen-bond donors (Lipinski definition) is 1. The molecule has 0 saturated carbocycles. The van der Waals surface area contributed by atoms with Crippen molar-refractivity contribution in [3.8, 4) is 0 Å². The molecule has 18 heavy (non-hydrogen) atoms. The van der Waals surface area contributed by atoms with E-state index < -0.39 is 10.0 Å². The van der Waals surface area contributed by atoms with E-state index >= 15 is 0 Å². The molecular weight excluding hydrogens is 248 g/mol. The van der Waals surface area contributed by atoms with E-state index in [1.54, 1.807) is 13.1 Å². The quantitative estimate of drug-likeness (QED) is 0.805. The molecule has 0 spiro atoms. The second-order valence-corrected chi connectivity index (χ2v) is 7.15. The molecule has 0 aliphatic heterocycles. The first-order valence-electron chi connectivity index (χ1n) is 6.10. The minimum Gasteiger partial charge on any atom is -0.398 e. The van der Waals surface area contributed by atoms with Crippen molar-refractivity contribution in [3.63, 3.8) is 0 Å². The summed E-state index contributed by atoms with van der Waals surface area (Å²) < 4.78 is 25.4. The molecule has 2 N–H and O–H groups in total. The lowest BCUT2D eigenvalue weighted by Gasteiger charge is -2.18. The summed E-state index contributed by atoms with van der Waals surface area (Å²) in [6.45, 7) is 4.36. The maximum absolute atomic E-state index is 12.0. The van der Waals surface area contributed by atoms with Crippen LogP contribution in [-0.2, 0) is 16.6 Å². The maximum atomic E-state index is 12.0. The Hall–Kier alpha value is -1.07. The highest BCUT2D eigenvalue weighted by atomic mass is 32.2. The summed E-state index contributed by atoms with van der Waals surface area (Å²) in [7, 11) is -1.59. The minimum absolute atomic E-state index is 0.188. The zero-order valence-electron chi connectivity index (χ0n) is 11.3. The van der Waals surface area contributed by atoms with Gasteiger partial charge in [0.2, 0.25) is 10.0 Å². The molecule has 0 heterocycles. The fourth-order valence-electron chi connectivity index (χ4n) is 1.56. The highest BCUT2D eigenvalue weighted by Crippen LogP contribution is 2.15. The molecule has 0 amide bonds. The number of benzene rings is 1. The molecular formula is C13H22N2O2S. The van der Waals surface area contributed by atoms with E-state index in [1.165, 1.54) is 4.31 Å². The van der Waals surface area contributed by atoms with Gasteiger partial charge in [-0.1, -0.05) is 32.0 Å². The molecule has 4 nitrogen and oxygen atoms in total. The van der Waals surface area contributed by atoms with Crippen LogP contribution in [0, 0.1) is 5.92 Å². The number of hydrogen-bond acceptors (Lipinski definition) is 3. The summed E-state index contributed by atoms with van der Waals surface area (Å²) in [5.74, 6) is 0.573. The van der Waals surface area contributed by atoms with Crippen LogP contribution in [0.25, 0.3) is 0 Å². The number of nitrogen functional groups attached to an aromatic ring is 1. The SMILES string of the molecule is CC(C)CCS(=O)(=O)N(C)Cc1ccccc1N. The van der Waals surface area contributed by atoms with E-state index in [4.69, 9.17) is 5.73 Å². The Labute approximate surface area is 110 Å². The van der Waals surface area contributed by atoms with Gasteiger partial charge in [-0.15, -0.1) is 0 Å². The Bertz CT molecular complexity index is 484. The summed E-state index contributed by atoms with van der Waals surface area (Å²) in [4.78, 5) is 0. The van der Waals surface area contributed by atoms with Gasteiger partial charge in [0.05, 0.1) is 5.75 Å². The predicted octanol–water partition coefficient (Wildman–Crippen LogP) is 2.08. The zero-order chi connectivity index (χ0) is 13.8. The fraction of sp³-hybridized carbons (Fsp3) is 0.538. The van der Waals surface area contributed by atoms with Gasteiger partial charge in [-0.2, -0.15) is 0 Å². The van der Waals surface area contributed by atoms with E-state index in [0.29, 0.717) is 24.6 Å². The van der Waals surface area contributed by atoms with Crippen molar-refractivity contribution in [3.05, 3.63) is 29.8 Å². The van der Waals surface area contributed by atoms with Crippen molar-refractivity contribution in [2.24, 2.45) is 5.92 Å². The number of nitrogens with two attached hydrogens (primary N) is 1. The van der Waals surface area contributed by atoms with Crippen LogP contribution >= 0.6 is 0 Å². The predicted molar refractivity (Wildman–Crippen MR) is 75.6 cm³/mol. The molecule has 0 aromatic heterocycles. The molecule has 0 radical (unpaired) electrons. The lowest BCUT2D eigenvalue weighted by Crippen LogP contribution is -2.29. The van der Waals surface area contributed by atoms with Gasteiger partial charge in [0.25, 0.3) is 0 Å². The normalized spacial score (nSPS) is 12.3. The smallest absolute Gasteiger partial charge is 0.214 e. The third kappa shape index (κ3) is 4.31. The molecule has 0 bridgehead atoms. The first-order valence-corrected chi connectivity index (χ1v) is 7.71. The Balaban J connectivity index is 2.70. The summed E-state index contributed by atoms with van der Waals surface area (Å²) in [6.07, 6.45) is 0.678. The van der Waals surface area contributed by atoms with Crippen molar-refractivity contribution in [2.45, 2.75) is 26.8 Å². The van der Waals surface area contributed by atoms with Crippen molar-refractivity contribution in [2.75, 3.05) is 18.5 Å². The molecule has 0 atom stereocenters. The lowest BCUT2D eigenvalue weighted by atomic mass is 10.2. The summed E-state index contributed by atoms with van der Waals surface area (Å²) >= 11 is 0. The van der Waals surface area contributed by atoms with Crippen LogP contribution in [0.5, 0.6) is 0 Å². The molecule has 0 saturated heterocycles. The average molecular weight is 270 g/mol. The van der Waals surface area contributed by atoms with Gasteiger partial charge in [-0.05, 0) is 24.0 Å². The van der Waals surface area contributed by atoms with Crippen LogP contribution in [0.1, 0.15) is 25.8 Å². The van der Waals surface area contributed by atoms with Crippen molar-refractivity contribution in [1.29, 1.82) is 0 Å². The minimum atomic E-state index is -3.19. The van der Waals surface area contributed by atoms with Crippen LogP contribution in [-0.4, -0.2) is 25.5 Å². The molecule has 0 unspecified atom stereocenters. The molecule has 1 rings (SSSR count). The Morgan fingerprint density at radius 2 is 1.89 bits per heavy atom. The monoisotopic (exact) mass is 270 g/mol. The first-order chi connectivity index (χ1) is 8.33. The summed E-state index contributed by atoms with van der Waals surface area (Å²) in [5.41, 5.74) is 7.28. The lowest BCUT2D eigenvalue weighted by molar-refractivity contribution is 0.461. The fourth-order valence-corrected chi connectivity index (χ4v) is 2.97. The van der Waals surface area contributed by atoms with Crippen LogP contribution in [0.2, 0.25) is 0 Å². The van der Waals surface area contributed by atoms with Gasteiger partial charge < -0.3 is 5.73 Å². The van der Waals surface area contributed by atoms with Crippen molar-refractivity contribution in [1.82, 2.24) is 4.31 Å². The number of sulfonamides is 1. The third-order valence-corrected chi connectivity index (χ3v) is 4.71. The molecule has 102 valence electrons. The van der Waals surface area contributed by atoms with Crippen LogP contribution in [0.3, 0.4) is 0 Å². The zero-order valence-corrected chi connectivity index (χ0v) is 12.1. The Morgan fingerprint density at radius 1 is 1.28 bits per heavy atom. The molecule has 0 aliphatic carbocycles. The van der Waals surface area contributed by atoms with E-state index in [0.717, 1.165) is 5.56 Å². The summed E-state index contributed by atoms with van der Waals surface area (Å²) in [5, 5.41) is 0. The number of nitrogens with zero attached hydrogens (tertiary/aromatic N) is 1. The molecule has 5 heteroatoms. The van der Waals surface area contributed by atoms with Gasteiger partial charge in [0.1, 0.15) is 0 Å². The van der Waals surface area contributed by atoms with Gasteiger partial charge in [0, 0.05) is 19.3 Å². The number of para-hydroxylation sites is 1. The van der Waals surface area contributed by atoms with Gasteiger partial charge >= 0.3 is 0 Å². The Morgan fingerprint density at radius 3 is 2.44 bits per heavy atom. The molecule has 0 fully saturated rings. The highest BCUT2D eigenvalue weighted by molar-refractivity contribution is 7.89. The number of anilines is 1. The summed E-state index contributed by atoms with van der Waals surface area (Å²) in [6, 6.07) is 7.33. The largest absolute Gasteiger partial charge is 0.398 e. The molecule has 1 aromatic carbocycles. The van der Waals surface area contributed by atoms with E-state index in [1.807, 2.05) is 32.0 Å². The third-order valence-electron chi connectivity index (χ3n) is 2.88. The van der Waals surface area contributed by atoms with E-state index in [-0.39, 0.29) is 5.75 Å². The number of rotatable bonds is 6. The van der Waals surface area contributed by atoms with Gasteiger partial charge in [-0.25, -0.2) is 12.7 Å². The second kappa shape index (κ2) is 6.20. The van der Waals surface area contributed by atoms with Crippen molar-refractivity contribution >= 4 is 15.7 Å². The van der Waals surface area contributed by atoms with Crippen molar-refractivity contribution < 1.29 is 8.42 Å². The molecule has 0 aliphatic rings. The standard InChI is InChI=1S/C13H22N2O2S/c1-11(2)8-9-18(16,17)15(3)10-12-6-4-5-7-13(12)14/h4-7,11H,8-10,14H2,1-3H3. The second-order valence-electron chi connectivity index (χ2n) is 4.95. The van der Waals surface area contributed by atoms with E-state index in [9.17, 15) is 8.42 Å². The highest BCUT2D eigenvalue weighted by Gasteiger charge is 2.18. The average Bonchev–Trinajstić information content (AvgIpc) is 2.29. The topological polar surface area (TPSA) is 63.4 Å². The van der Waals surface area contributed by atoms with Crippen LogP contribution < -0.4 is 5.73 Å². The van der Waals surface area contributed by atoms with Crippen LogP contribution in [0.4, 0.5) is 5.69 Å². The maximum Gasteiger partial charge on any atom is 0.214 e. The van der Waals surface area contributed by atoms with E-state index in [2.05, 4.69) is 0 Å².